The van der Waals surface area contributed by atoms with Gasteiger partial charge in [0.2, 0.25) is 0 Å². The fourth-order valence-electron chi connectivity index (χ4n) is 3.32. The normalized spacial score (nSPS) is 16.6. The first kappa shape index (κ1) is 15.2. The number of ketones is 1. The molecule has 1 saturated heterocycles. The Labute approximate surface area is 123 Å². The number of hydrogen-bond donors (Lipinski definition) is 0. The van der Waals surface area contributed by atoms with E-state index in [9.17, 15) is 4.79 Å². The summed E-state index contributed by atoms with van der Waals surface area (Å²) in [6.45, 7) is 12.6. The molecular formula is C18H27NO. The zero-order chi connectivity index (χ0) is 14.9. The molecule has 1 aromatic carbocycles. The molecule has 0 atom stereocenters. The number of carbonyl (C=O) groups excluding carboxylic acids is 1. The highest BCUT2D eigenvalue weighted by atomic mass is 16.1. The van der Waals surface area contributed by atoms with Crippen LogP contribution >= 0.6 is 0 Å². The second kappa shape index (κ2) is 5.69. The van der Waals surface area contributed by atoms with E-state index in [1.54, 1.807) is 0 Å². The van der Waals surface area contributed by atoms with Gasteiger partial charge in [-0.05, 0) is 77.2 Å². The molecule has 1 heterocycles. The van der Waals surface area contributed by atoms with Gasteiger partial charge < -0.3 is 0 Å². The molecule has 0 aromatic heterocycles. The Morgan fingerprint density at radius 2 is 1.60 bits per heavy atom. The van der Waals surface area contributed by atoms with Crippen LogP contribution in [0, 0.1) is 20.8 Å². The van der Waals surface area contributed by atoms with E-state index in [-0.39, 0.29) is 5.54 Å². The van der Waals surface area contributed by atoms with Crippen LogP contribution in [-0.2, 0) is 11.2 Å². The third-order valence-electron chi connectivity index (χ3n) is 4.76. The van der Waals surface area contributed by atoms with Crippen LogP contribution in [0.3, 0.4) is 0 Å². The highest BCUT2D eigenvalue weighted by Gasteiger charge is 2.35. The predicted molar refractivity (Wildman–Crippen MR) is 84.3 cm³/mol. The van der Waals surface area contributed by atoms with Gasteiger partial charge in [-0.3, -0.25) is 9.69 Å². The van der Waals surface area contributed by atoms with Gasteiger partial charge in [0.25, 0.3) is 0 Å². The Morgan fingerprint density at radius 1 is 1.10 bits per heavy atom. The van der Waals surface area contributed by atoms with Gasteiger partial charge in [-0.2, -0.15) is 0 Å². The van der Waals surface area contributed by atoms with Crippen molar-refractivity contribution in [1.82, 2.24) is 4.90 Å². The Bertz CT molecular complexity index is 487. The van der Waals surface area contributed by atoms with Crippen LogP contribution in [-0.4, -0.2) is 29.3 Å². The fourth-order valence-corrected chi connectivity index (χ4v) is 3.32. The Hall–Kier alpha value is -1.15. The minimum atomic E-state index is -0.333. The summed E-state index contributed by atoms with van der Waals surface area (Å²) in [6, 6.07) is 4.36. The maximum absolute atomic E-state index is 12.8. The monoisotopic (exact) mass is 273 g/mol. The van der Waals surface area contributed by atoms with Crippen molar-refractivity contribution in [2.45, 2.75) is 59.4 Å². The number of carbonyl (C=O) groups is 1. The first-order valence-corrected chi connectivity index (χ1v) is 7.67. The van der Waals surface area contributed by atoms with Crippen LogP contribution in [0.1, 0.15) is 48.9 Å². The Morgan fingerprint density at radius 3 is 2.10 bits per heavy atom. The van der Waals surface area contributed by atoms with E-state index in [1.165, 1.54) is 35.1 Å². The van der Waals surface area contributed by atoms with Crippen LogP contribution in [0.4, 0.5) is 0 Å². The third kappa shape index (κ3) is 2.95. The highest BCUT2D eigenvalue weighted by Crippen LogP contribution is 2.25. The van der Waals surface area contributed by atoms with Gasteiger partial charge in [-0.15, -0.1) is 0 Å². The fraction of sp³-hybridized carbons (Fsp3) is 0.611. The molecule has 0 radical (unpaired) electrons. The van der Waals surface area contributed by atoms with Crippen molar-refractivity contribution in [3.8, 4) is 0 Å². The highest BCUT2D eigenvalue weighted by molar-refractivity contribution is 5.90. The molecule has 2 rings (SSSR count). The second-order valence-electron chi connectivity index (χ2n) is 6.73. The van der Waals surface area contributed by atoms with E-state index in [4.69, 9.17) is 0 Å². The van der Waals surface area contributed by atoms with Gasteiger partial charge in [0, 0.05) is 6.42 Å². The van der Waals surface area contributed by atoms with E-state index in [0.717, 1.165) is 13.1 Å². The van der Waals surface area contributed by atoms with E-state index in [2.05, 4.69) is 51.7 Å². The van der Waals surface area contributed by atoms with Crippen LogP contribution in [0.5, 0.6) is 0 Å². The largest absolute Gasteiger partial charge is 0.297 e. The average Bonchev–Trinajstić information content (AvgIpc) is 2.87. The molecular weight excluding hydrogens is 246 g/mol. The van der Waals surface area contributed by atoms with Gasteiger partial charge >= 0.3 is 0 Å². The summed E-state index contributed by atoms with van der Waals surface area (Å²) >= 11 is 0. The molecule has 1 aliphatic heterocycles. The molecule has 1 fully saturated rings. The third-order valence-corrected chi connectivity index (χ3v) is 4.76. The van der Waals surface area contributed by atoms with Gasteiger partial charge in [0.05, 0.1) is 5.54 Å². The van der Waals surface area contributed by atoms with Gasteiger partial charge in [0.15, 0.2) is 5.78 Å². The first-order chi connectivity index (χ1) is 9.32. The standard InChI is InChI=1S/C18H27NO/c1-13-10-14(2)16(15(3)11-13)12-17(20)18(4,5)19-8-6-7-9-19/h10-11H,6-9,12H2,1-5H3. The molecule has 2 heteroatoms. The van der Waals surface area contributed by atoms with Gasteiger partial charge in [-0.25, -0.2) is 0 Å². The molecule has 0 saturated carbocycles. The molecule has 0 unspecified atom stereocenters. The number of hydrogen-bond acceptors (Lipinski definition) is 2. The summed E-state index contributed by atoms with van der Waals surface area (Å²) in [5.41, 5.74) is 4.64. The average molecular weight is 273 g/mol. The summed E-state index contributed by atoms with van der Waals surface area (Å²) in [7, 11) is 0. The van der Waals surface area contributed by atoms with Gasteiger partial charge in [-0.1, -0.05) is 17.7 Å². The molecule has 2 nitrogen and oxygen atoms in total. The number of rotatable bonds is 4. The zero-order valence-electron chi connectivity index (χ0n) is 13.5. The molecule has 0 spiro atoms. The van der Waals surface area contributed by atoms with Crippen molar-refractivity contribution in [3.05, 3.63) is 34.4 Å². The van der Waals surface area contributed by atoms with Crippen molar-refractivity contribution in [2.24, 2.45) is 0 Å². The molecule has 0 N–H and O–H groups in total. The van der Waals surface area contributed by atoms with Crippen molar-refractivity contribution in [3.63, 3.8) is 0 Å². The van der Waals surface area contributed by atoms with E-state index in [0.29, 0.717) is 12.2 Å². The minimum absolute atomic E-state index is 0.333. The quantitative estimate of drug-likeness (QED) is 0.835. The maximum atomic E-state index is 12.8. The second-order valence-corrected chi connectivity index (χ2v) is 6.73. The summed E-state index contributed by atoms with van der Waals surface area (Å²) in [4.78, 5) is 15.1. The summed E-state index contributed by atoms with van der Waals surface area (Å²) in [5.74, 6) is 0.342. The molecule has 0 aliphatic carbocycles. The van der Waals surface area contributed by atoms with Crippen molar-refractivity contribution in [2.75, 3.05) is 13.1 Å². The number of likely N-dealkylation sites (tertiary alicyclic amines) is 1. The lowest BCUT2D eigenvalue weighted by Crippen LogP contribution is -2.49. The van der Waals surface area contributed by atoms with E-state index in [1.807, 2.05) is 0 Å². The smallest absolute Gasteiger partial charge is 0.156 e. The molecule has 20 heavy (non-hydrogen) atoms. The van der Waals surface area contributed by atoms with Crippen LogP contribution in [0.15, 0.2) is 12.1 Å². The molecule has 0 amide bonds. The number of Topliss-reactive ketones (excluding diaryl/α,β-unsaturated/α-hetero) is 1. The number of benzene rings is 1. The lowest BCUT2D eigenvalue weighted by molar-refractivity contribution is -0.128. The van der Waals surface area contributed by atoms with E-state index >= 15 is 0 Å². The number of aryl methyl sites for hydroxylation is 3. The Kier molecular flexibility index (Phi) is 4.33. The van der Waals surface area contributed by atoms with Crippen molar-refractivity contribution in [1.29, 1.82) is 0 Å². The van der Waals surface area contributed by atoms with Gasteiger partial charge in [0.1, 0.15) is 0 Å². The van der Waals surface area contributed by atoms with Crippen molar-refractivity contribution >= 4 is 5.78 Å². The van der Waals surface area contributed by atoms with E-state index < -0.39 is 0 Å². The van der Waals surface area contributed by atoms with Crippen LogP contribution in [0.25, 0.3) is 0 Å². The molecule has 110 valence electrons. The molecule has 0 bridgehead atoms. The van der Waals surface area contributed by atoms with Crippen LogP contribution < -0.4 is 0 Å². The van der Waals surface area contributed by atoms with Crippen molar-refractivity contribution < 1.29 is 4.79 Å². The number of nitrogens with zero attached hydrogens (tertiary/aromatic N) is 1. The first-order valence-electron chi connectivity index (χ1n) is 7.67. The summed E-state index contributed by atoms with van der Waals surface area (Å²) in [6.07, 6.45) is 3.00. The van der Waals surface area contributed by atoms with Crippen LogP contribution in [0.2, 0.25) is 0 Å². The predicted octanol–water partition coefficient (Wildman–Crippen LogP) is 3.60. The maximum Gasteiger partial charge on any atom is 0.156 e. The lowest BCUT2D eigenvalue weighted by Gasteiger charge is -2.34. The Balaban J connectivity index is 2.19. The lowest BCUT2D eigenvalue weighted by atomic mass is 9.88. The SMILES string of the molecule is Cc1cc(C)c(CC(=O)C(C)(C)N2CCCC2)c(C)c1. The minimum Gasteiger partial charge on any atom is -0.297 e. The zero-order valence-corrected chi connectivity index (χ0v) is 13.5. The molecule has 1 aliphatic rings. The molecule has 1 aromatic rings. The topological polar surface area (TPSA) is 20.3 Å². The summed E-state index contributed by atoms with van der Waals surface area (Å²) < 4.78 is 0. The summed E-state index contributed by atoms with van der Waals surface area (Å²) in [5, 5.41) is 0.